The van der Waals surface area contributed by atoms with Crippen molar-refractivity contribution in [2.75, 3.05) is 0 Å². The van der Waals surface area contributed by atoms with E-state index in [2.05, 4.69) is 36.7 Å². The SMILES string of the molecule is CC(C)(C)C1CCC(Br)C(Cc2ccc(F)cc2F)C1. The van der Waals surface area contributed by atoms with E-state index in [9.17, 15) is 8.78 Å². The van der Waals surface area contributed by atoms with Gasteiger partial charge in [0.1, 0.15) is 11.6 Å². The molecule has 0 bridgehead atoms. The van der Waals surface area contributed by atoms with Crippen molar-refractivity contribution in [1.82, 2.24) is 0 Å². The number of benzene rings is 1. The van der Waals surface area contributed by atoms with Crippen LogP contribution in [-0.4, -0.2) is 4.83 Å². The Morgan fingerprint density at radius 3 is 2.50 bits per heavy atom. The van der Waals surface area contributed by atoms with Gasteiger partial charge < -0.3 is 0 Å². The second-order valence-corrected chi connectivity index (χ2v) is 8.27. The molecule has 1 fully saturated rings. The van der Waals surface area contributed by atoms with Crippen LogP contribution in [0.25, 0.3) is 0 Å². The average Bonchev–Trinajstić information content (AvgIpc) is 2.33. The van der Waals surface area contributed by atoms with Crippen LogP contribution in [0, 0.1) is 28.9 Å². The lowest BCUT2D eigenvalue weighted by Crippen LogP contribution is -2.33. The van der Waals surface area contributed by atoms with Crippen LogP contribution in [0.15, 0.2) is 18.2 Å². The number of halogens is 3. The fourth-order valence-corrected chi connectivity index (χ4v) is 3.86. The molecule has 112 valence electrons. The van der Waals surface area contributed by atoms with Crippen LogP contribution >= 0.6 is 15.9 Å². The number of rotatable bonds is 2. The molecule has 0 spiro atoms. The summed E-state index contributed by atoms with van der Waals surface area (Å²) in [5.41, 5.74) is 0.933. The zero-order chi connectivity index (χ0) is 14.9. The molecule has 0 saturated heterocycles. The zero-order valence-corrected chi connectivity index (χ0v) is 14.0. The Hall–Kier alpha value is -0.440. The first kappa shape index (κ1) is 15.9. The van der Waals surface area contributed by atoms with E-state index in [4.69, 9.17) is 0 Å². The topological polar surface area (TPSA) is 0 Å². The van der Waals surface area contributed by atoms with Crippen molar-refractivity contribution in [2.45, 2.75) is 51.3 Å². The summed E-state index contributed by atoms with van der Waals surface area (Å²) in [5, 5.41) is 0. The zero-order valence-electron chi connectivity index (χ0n) is 12.4. The van der Waals surface area contributed by atoms with E-state index in [1.165, 1.54) is 12.5 Å². The van der Waals surface area contributed by atoms with Crippen molar-refractivity contribution >= 4 is 15.9 Å². The molecule has 3 atom stereocenters. The highest BCUT2D eigenvalue weighted by Crippen LogP contribution is 2.43. The summed E-state index contributed by atoms with van der Waals surface area (Å²) in [7, 11) is 0. The van der Waals surface area contributed by atoms with Crippen LogP contribution < -0.4 is 0 Å². The predicted octanol–water partition coefficient (Wildman–Crippen LogP) is 5.73. The Morgan fingerprint density at radius 2 is 1.90 bits per heavy atom. The maximum Gasteiger partial charge on any atom is 0.129 e. The first-order valence-corrected chi connectivity index (χ1v) is 8.27. The van der Waals surface area contributed by atoms with Crippen molar-refractivity contribution in [1.29, 1.82) is 0 Å². The molecule has 1 saturated carbocycles. The Labute approximate surface area is 129 Å². The van der Waals surface area contributed by atoms with E-state index in [1.807, 2.05) is 0 Å². The molecule has 1 aromatic carbocycles. The molecule has 3 heteroatoms. The summed E-state index contributed by atoms with van der Waals surface area (Å²) in [4.78, 5) is 0.436. The van der Waals surface area contributed by atoms with Crippen LogP contribution in [0.5, 0.6) is 0 Å². The Bertz CT molecular complexity index is 465. The standard InChI is InChI=1S/C17H23BrF2/c1-17(2,3)13-5-7-15(18)12(9-13)8-11-4-6-14(19)10-16(11)20/h4,6,10,12-13,15H,5,7-9H2,1-3H3. The minimum absolute atomic E-state index is 0.298. The van der Waals surface area contributed by atoms with Crippen molar-refractivity contribution in [3.8, 4) is 0 Å². The molecule has 1 aliphatic rings. The Morgan fingerprint density at radius 1 is 1.20 bits per heavy atom. The van der Waals surface area contributed by atoms with E-state index < -0.39 is 11.6 Å². The van der Waals surface area contributed by atoms with Gasteiger partial charge in [0.05, 0.1) is 0 Å². The van der Waals surface area contributed by atoms with Crippen LogP contribution in [0.1, 0.15) is 45.6 Å². The highest BCUT2D eigenvalue weighted by atomic mass is 79.9. The van der Waals surface area contributed by atoms with Crippen molar-refractivity contribution in [3.05, 3.63) is 35.4 Å². The lowest BCUT2D eigenvalue weighted by molar-refractivity contribution is 0.146. The molecule has 2 rings (SSSR count). The largest absolute Gasteiger partial charge is 0.207 e. The van der Waals surface area contributed by atoms with Crippen LogP contribution in [-0.2, 0) is 6.42 Å². The number of hydrogen-bond acceptors (Lipinski definition) is 0. The quantitative estimate of drug-likeness (QED) is 0.600. The maximum absolute atomic E-state index is 13.8. The van der Waals surface area contributed by atoms with Gasteiger partial charge in [-0.15, -0.1) is 0 Å². The first-order valence-electron chi connectivity index (χ1n) is 7.35. The Balaban J connectivity index is 2.10. The minimum atomic E-state index is -0.502. The summed E-state index contributed by atoms with van der Waals surface area (Å²) >= 11 is 3.75. The molecule has 0 aliphatic heterocycles. The highest BCUT2D eigenvalue weighted by Gasteiger charge is 2.35. The van der Waals surface area contributed by atoms with Crippen molar-refractivity contribution < 1.29 is 8.78 Å². The monoisotopic (exact) mass is 344 g/mol. The summed E-state index contributed by atoms with van der Waals surface area (Å²) in [6.07, 6.45) is 4.15. The fourth-order valence-electron chi connectivity index (χ4n) is 3.19. The molecule has 0 heterocycles. The van der Waals surface area contributed by atoms with Gasteiger partial charge in [-0.1, -0.05) is 42.8 Å². The highest BCUT2D eigenvalue weighted by molar-refractivity contribution is 9.09. The van der Waals surface area contributed by atoms with E-state index in [0.29, 0.717) is 34.1 Å². The third kappa shape index (κ3) is 3.81. The lowest BCUT2D eigenvalue weighted by Gasteiger charge is -2.40. The molecule has 0 aromatic heterocycles. The molecule has 0 nitrogen and oxygen atoms in total. The first-order chi connectivity index (χ1) is 9.27. The second-order valence-electron chi connectivity index (χ2n) is 7.09. The molecule has 0 N–H and O–H groups in total. The molecule has 0 amide bonds. The lowest BCUT2D eigenvalue weighted by atomic mass is 9.68. The van der Waals surface area contributed by atoms with Gasteiger partial charge in [-0.25, -0.2) is 8.78 Å². The van der Waals surface area contributed by atoms with E-state index in [0.717, 1.165) is 18.9 Å². The summed E-state index contributed by atoms with van der Waals surface area (Å²) in [6, 6.07) is 3.93. The molecular weight excluding hydrogens is 322 g/mol. The fraction of sp³-hybridized carbons (Fsp3) is 0.647. The van der Waals surface area contributed by atoms with Crippen LogP contribution in [0.3, 0.4) is 0 Å². The Kier molecular flexibility index (Phi) is 4.88. The van der Waals surface area contributed by atoms with Gasteiger partial charge >= 0.3 is 0 Å². The van der Waals surface area contributed by atoms with E-state index >= 15 is 0 Å². The third-order valence-electron chi connectivity index (χ3n) is 4.61. The normalized spacial score (nSPS) is 27.6. The number of alkyl halides is 1. The van der Waals surface area contributed by atoms with Crippen LogP contribution in [0.2, 0.25) is 0 Å². The van der Waals surface area contributed by atoms with Gasteiger partial charge in [0, 0.05) is 10.9 Å². The van der Waals surface area contributed by atoms with Gasteiger partial charge in [-0.2, -0.15) is 0 Å². The van der Waals surface area contributed by atoms with E-state index in [-0.39, 0.29) is 0 Å². The minimum Gasteiger partial charge on any atom is -0.207 e. The summed E-state index contributed by atoms with van der Waals surface area (Å²) in [6.45, 7) is 6.84. The van der Waals surface area contributed by atoms with Gasteiger partial charge in [0.25, 0.3) is 0 Å². The predicted molar refractivity (Wildman–Crippen MR) is 83.1 cm³/mol. The third-order valence-corrected chi connectivity index (χ3v) is 5.82. The smallest absolute Gasteiger partial charge is 0.129 e. The average molecular weight is 345 g/mol. The molecule has 0 radical (unpaired) electrons. The molecular formula is C17H23BrF2. The molecule has 3 unspecified atom stereocenters. The molecule has 1 aliphatic carbocycles. The van der Waals surface area contributed by atoms with Crippen LogP contribution in [0.4, 0.5) is 8.78 Å². The summed E-state index contributed by atoms with van der Waals surface area (Å²) in [5.74, 6) is 0.179. The van der Waals surface area contributed by atoms with Gasteiger partial charge in [0.15, 0.2) is 0 Å². The van der Waals surface area contributed by atoms with Gasteiger partial charge in [-0.05, 0) is 54.6 Å². The van der Waals surface area contributed by atoms with Gasteiger partial charge in [-0.3, -0.25) is 0 Å². The van der Waals surface area contributed by atoms with E-state index in [1.54, 1.807) is 6.07 Å². The molecule has 20 heavy (non-hydrogen) atoms. The van der Waals surface area contributed by atoms with Crippen molar-refractivity contribution in [3.63, 3.8) is 0 Å². The number of hydrogen-bond donors (Lipinski definition) is 0. The van der Waals surface area contributed by atoms with Crippen molar-refractivity contribution in [2.24, 2.45) is 17.3 Å². The van der Waals surface area contributed by atoms with Gasteiger partial charge in [0.2, 0.25) is 0 Å². The molecule has 1 aromatic rings. The second kappa shape index (κ2) is 6.13. The maximum atomic E-state index is 13.8. The summed E-state index contributed by atoms with van der Waals surface area (Å²) < 4.78 is 26.8.